The number of carbonyl (C=O) groups excluding carboxylic acids is 3. The van der Waals surface area contributed by atoms with E-state index in [4.69, 9.17) is 5.73 Å². The zero-order chi connectivity index (χ0) is 29.1. The van der Waals surface area contributed by atoms with Gasteiger partial charge in [-0.3, -0.25) is 14.4 Å². The van der Waals surface area contributed by atoms with E-state index in [1.807, 2.05) is 0 Å². The van der Waals surface area contributed by atoms with Gasteiger partial charge in [0.2, 0.25) is 17.7 Å². The Morgan fingerprint density at radius 2 is 1.40 bits per heavy atom. The van der Waals surface area contributed by atoms with Gasteiger partial charge in [-0.1, -0.05) is 42.5 Å². The molecule has 0 aliphatic carbocycles. The Balaban J connectivity index is 1.71. The number of phenolic OH excluding ortho intramolecular Hbond substituents is 1. The van der Waals surface area contributed by atoms with Crippen LogP contribution in [0.25, 0.3) is 0 Å². The number of imidazole rings is 1. The first-order valence-electron chi connectivity index (χ1n) is 12.5. The predicted octanol–water partition coefficient (Wildman–Crippen LogP) is -0.0607. The fourth-order valence-corrected chi connectivity index (χ4v) is 4.13. The van der Waals surface area contributed by atoms with Gasteiger partial charge in [-0.2, -0.15) is 12.6 Å². The largest absolute Gasteiger partial charge is 0.508 e. The lowest BCUT2D eigenvalue weighted by atomic mass is 10.0. The third kappa shape index (κ3) is 9.13. The molecule has 0 aliphatic rings. The van der Waals surface area contributed by atoms with Gasteiger partial charge in [0.25, 0.3) is 0 Å². The van der Waals surface area contributed by atoms with Gasteiger partial charge in [0.1, 0.15) is 23.9 Å². The van der Waals surface area contributed by atoms with Crippen molar-refractivity contribution in [1.82, 2.24) is 25.9 Å². The topological polar surface area (TPSA) is 200 Å². The summed E-state index contributed by atoms with van der Waals surface area (Å²) in [7, 11) is 0. The Morgan fingerprint density at radius 1 is 0.825 bits per heavy atom. The number of amides is 3. The maximum Gasteiger partial charge on any atom is 0.326 e. The van der Waals surface area contributed by atoms with E-state index in [1.165, 1.54) is 24.7 Å². The lowest BCUT2D eigenvalue weighted by molar-refractivity contribution is -0.142. The van der Waals surface area contributed by atoms with E-state index < -0.39 is 47.9 Å². The summed E-state index contributed by atoms with van der Waals surface area (Å²) in [6.45, 7) is 0. The van der Waals surface area contributed by atoms with E-state index in [1.54, 1.807) is 42.5 Å². The summed E-state index contributed by atoms with van der Waals surface area (Å²) in [6, 6.07) is 10.3. The fourth-order valence-electron chi connectivity index (χ4n) is 3.87. The molecule has 0 saturated heterocycles. The third-order valence-electron chi connectivity index (χ3n) is 6.05. The van der Waals surface area contributed by atoms with Gasteiger partial charge >= 0.3 is 5.97 Å². The maximum absolute atomic E-state index is 13.3. The average molecular weight is 569 g/mol. The number of benzene rings is 2. The number of thiol groups is 1. The highest BCUT2D eigenvalue weighted by molar-refractivity contribution is 7.80. The molecule has 3 rings (SSSR count). The van der Waals surface area contributed by atoms with Crippen molar-refractivity contribution >= 4 is 36.3 Å². The molecular weight excluding hydrogens is 536 g/mol. The number of phenols is 1. The highest BCUT2D eigenvalue weighted by Crippen LogP contribution is 2.12. The van der Waals surface area contributed by atoms with E-state index in [-0.39, 0.29) is 30.8 Å². The number of nitrogens with two attached hydrogens (primary N) is 1. The molecule has 0 spiro atoms. The zero-order valence-electron chi connectivity index (χ0n) is 21.5. The van der Waals surface area contributed by atoms with E-state index >= 15 is 0 Å². The van der Waals surface area contributed by atoms with Crippen molar-refractivity contribution in [2.45, 2.75) is 43.4 Å². The number of aromatic amines is 1. The highest BCUT2D eigenvalue weighted by atomic mass is 32.1. The number of nitrogens with one attached hydrogen (secondary N) is 4. The van der Waals surface area contributed by atoms with Crippen molar-refractivity contribution in [2.75, 3.05) is 5.75 Å². The van der Waals surface area contributed by atoms with Crippen LogP contribution in [0.5, 0.6) is 5.75 Å². The van der Waals surface area contributed by atoms with Gasteiger partial charge < -0.3 is 36.9 Å². The molecule has 8 N–H and O–H groups in total. The quantitative estimate of drug-likeness (QED) is 0.124. The van der Waals surface area contributed by atoms with Gasteiger partial charge in [-0.05, 0) is 23.3 Å². The summed E-state index contributed by atoms with van der Waals surface area (Å²) in [5, 5.41) is 26.9. The van der Waals surface area contributed by atoms with Crippen LogP contribution < -0.4 is 21.7 Å². The first-order valence-corrected chi connectivity index (χ1v) is 13.1. The molecule has 0 saturated carbocycles. The number of carboxylic acids is 1. The number of rotatable bonds is 14. The second-order valence-electron chi connectivity index (χ2n) is 9.15. The van der Waals surface area contributed by atoms with Crippen molar-refractivity contribution in [3.63, 3.8) is 0 Å². The normalized spacial score (nSPS) is 13.8. The molecule has 2 aromatic carbocycles. The van der Waals surface area contributed by atoms with Crippen LogP contribution in [0, 0.1) is 0 Å². The number of aromatic nitrogens is 2. The Kier molecular flexibility index (Phi) is 11.1. The Morgan fingerprint density at radius 3 is 2.00 bits per heavy atom. The standard InChI is InChI=1S/C27H32N6O6S/c28-20(12-18-13-29-15-30-18)24(35)33-23(14-40)26(37)31-21(10-16-4-2-1-3-5-16)25(36)32-22(27(38)39)11-17-6-8-19(34)9-7-17/h1-9,13,15,20-23,34,40H,10-12,14,28H2,(H,29,30)(H,31,37)(H,32,36)(H,33,35)(H,38,39). The van der Waals surface area contributed by atoms with Gasteiger partial charge in [0.15, 0.2) is 0 Å². The molecule has 0 radical (unpaired) electrons. The molecule has 0 aliphatic heterocycles. The van der Waals surface area contributed by atoms with Gasteiger partial charge in [-0.25, -0.2) is 9.78 Å². The number of nitrogens with zero attached hydrogens (tertiary/aromatic N) is 1. The lowest BCUT2D eigenvalue weighted by Crippen LogP contribution is -2.58. The summed E-state index contributed by atoms with van der Waals surface area (Å²) >= 11 is 4.18. The number of carboxylic acid groups (broad SMARTS) is 1. The van der Waals surface area contributed by atoms with Crippen molar-refractivity contribution in [3.8, 4) is 5.75 Å². The smallest absolute Gasteiger partial charge is 0.326 e. The highest BCUT2D eigenvalue weighted by Gasteiger charge is 2.30. The molecule has 1 heterocycles. The Hall–Kier alpha value is -4.36. The molecule has 40 heavy (non-hydrogen) atoms. The van der Waals surface area contributed by atoms with Crippen molar-refractivity contribution in [2.24, 2.45) is 5.73 Å². The minimum absolute atomic E-state index is 0.0263. The molecule has 12 nitrogen and oxygen atoms in total. The minimum Gasteiger partial charge on any atom is -0.508 e. The molecule has 3 amide bonds. The van der Waals surface area contributed by atoms with Gasteiger partial charge in [-0.15, -0.1) is 0 Å². The van der Waals surface area contributed by atoms with Crippen LogP contribution in [-0.4, -0.2) is 73.8 Å². The Bertz CT molecular complexity index is 1270. The number of hydrogen-bond donors (Lipinski definition) is 8. The molecule has 0 bridgehead atoms. The van der Waals surface area contributed by atoms with Crippen LogP contribution in [0.1, 0.15) is 16.8 Å². The van der Waals surface area contributed by atoms with Crippen LogP contribution in [0.2, 0.25) is 0 Å². The van der Waals surface area contributed by atoms with Crippen LogP contribution in [0.15, 0.2) is 67.1 Å². The minimum atomic E-state index is -1.30. The average Bonchev–Trinajstić information content (AvgIpc) is 3.45. The molecule has 13 heteroatoms. The second-order valence-corrected chi connectivity index (χ2v) is 9.52. The van der Waals surface area contributed by atoms with E-state index in [0.29, 0.717) is 11.3 Å². The number of aromatic hydroxyl groups is 1. The predicted molar refractivity (Wildman–Crippen MR) is 150 cm³/mol. The molecule has 4 unspecified atom stereocenters. The summed E-state index contributed by atoms with van der Waals surface area (Å²) in [5.41, 5.74) is 7.92. The van der Waals surface area contributed by atoms with Crippen LogP contribution in [0.4, 0.5) is 0 Å². The fraction of sp³-hybridized carbons (Fsp3) is 0.296. The van der Waals surface area contributed by atoms with Crippen LogP contribution in [0.3, 0.4) is 0 Å². The van der Waals surface area contributed by atoms with Crippen molar-refractivity contribution in [3.05, 3.63) is 83.9 Å². The summed E-state index contributed by atoms with van der Waals surface area (Å²) in [5.74, 6) is -3.31. The number of H-pyrrole nitrogens is 1. The molecular formula is C27H32N6O6S. The summed E-state index contributed by atoms with van der Waals surface area (Å²) in [4.78, 5) is 57.7. The summed E-state index contributed by atoms with van der Waals surface area (Å²) < 4.78 is 0. The number of aliphatic carboxylic acids is 1. The molecule has 0 fully saturated rings. The third-order valence-corrected chi connectivity index (χ3v) is 6.42. The first kappa shape index (κ1) is 30.2. The molecule has 1 aromatic heterocycles. The lowest BCUT2D eigenvalue weighted by Gasteiger charge is -2.25. The SMILES string of the molecule is NC(Cc1cnc[nH]1)C(=O)NC(CS)C(=O)NC(Cc1ccccc1)C(=O)NC(Cc1ccc(O)cc1)C(=O)O. The van der Waals surface area contributed by atoms with E-state index in [9.17, 15) is 29.4 Å². The summed E-state index contributed by atoms with van der Waals surface area (Å²) in [6.07, 6.45) is 3.19. The second kappa shape index (κ2) is 14.7. The molecule has 3 aromatic rings. The van der Waals surface area contributed by atoms with E-state index in [0.717, 1.165) is 5.56 Å². The number of hydrogen-bond acceptors (Lipinski definition) is 8. The Labute approximate surface area is 236 Å². The van der Waals surface area contributed by atoms with Crippen LogP contribution >= 0.6 is 12.6 Å². The van der Waals surface area contributed by atoms with Crippen molar-refractivity contribution in [1.29, 1.82) is 0 Å². The van der Waals surface area contributed by atoms with Crippen molar-refractivity contribution < 1.29 is 29.4 Å². The van der Waals surface area contributed by atoms with Gasteiger partial charge in [0.05, 0.1) is 12.4 Å². The van der Waals surface area contributed by atoms with Crippen LogP contribution in [-0.2, 0) is 38.4 Å². The maximum atomic E-state index is 13.3. The number of carbonyl (C=O) groups is 4. The molecule has 212 valence electrons. The first-order chi connectivity index (χ1) is 19.2. The van der Waals surface area contributed by atoms with E-state index in [2.05, 4.69) is 38.5 Å². The molecule has 4 atom stereocenters. The van der Waals surface area contributed by atoms with Gasteiger partial charge in [0, 0.05) is 36.9 Å². The monoisotopic (exact) mass is 568 g/mol. The zero-order valence-corrected chi connectivity index (χ0v) is 22.4.